The molecule has 2 heterocycles. The fraction of sp³-hybridized carbons (Fsp3) is 0.273. The first-order valence-electron chi connectivity index (χ1n) is 9.36. The van der Waals surface area contributed by atoms with Gasteiger partial charge in [-0.1, -0.05) is 12.1 Å². The molecule has 0 aliphatic heterocycles. The lowest BCUT2D eigenvalue weighted by molar-refractivity contribution is 0.388. The van der Waals surface area contributed by atoms with Crippen LogP contribution >= 0.6 is 11.3 Å². The van der Waals surface area contributed by atoms with Crippen LogP contribution in [0.3, 0.4) is 0 Å². The number of hydrogen-bond donors (Lipinski definition) is 0. The van der Waals surface area contributed by atoms with Crippen molar-refractivity contribution in [1.29, 1.82) is 0 Å². The van der Waals surface area contributed by atoms with E-state index in [2.05, 4.69) is 24.0 Å². The molecule has 4 nitrogen and oxygen atoms in total. The highest BCUT2D eigenvalue weighted by Gasteiger charge is 2.15. The number of aryl methyl sites for hydroxylation is 1. The summed E-state index contributed by atoms with van der Waals surface area (Å²) in [5.41, 5.74) is 2.00. The molecule has 2 aromatic heterocycles. The summed E-state index contributed by atoms with van der Waals surface area (Å²) in [4.78, 5) is 19.9. The van der Waals surface area contributed by atoms with E-state index in [9.17, 15) is 9.18 Å². The van der Waals surface area contributed by atoms with E-state index in [1.165, 1.54) is 23.5 Å². The number of rotatable bonds is 6. The number of hydrogen-bond acceptors (Lipinski definition) is 4. The minimum atomic E-state index is -0.332. The van der Waals surface area contributed by atoms with Crippen LogP contribution < -0.4 is 5.43 Å². The molecule has 0 radical (unpaired) electrons. The van der Waals surface area contributed by atoms with Gasteiger partial charge in [0.1, 0.15) is 10.8 Å². The van der Waals surface area contributed by atoms with Gasteiger partial charge in [-0.05, 0) is 63.8 Å². The van der Waals surface area contributed by atoms with Gasteiger partial charge >= 0.3 is 0 Å². The molecular weight excluding hydrogens is 373 g/mol. The number of nitrogens with zero attached hydrogens (tertiary/aromatic N) is 3. The molecule has 4 rings (SSSR count). The van der Waals surface area contributed by atoms with Crippen LogP contribution in [0.25, 0.3) is 31.7 Å². The van der Waals surface area contributed by atoms with Gasteiger partial charge in [0.15, 0.2) is 5.43 Å². The normalized spacial score (nSPS) is 11.7. The molecule has 0 N–H and O–H groups in total. The lowest BCUT2D eigenvalue weighted by Gasteiger charge is -2.14. The van der Waals surface area contributed by atoms with E-state index in [0.29, 0.717) is 21.5 Å². The van der Waals surface area contributed by atoms with E-state index in [1.54, 1.807) is 6.07 Å². The first kappa shape index (κ1) is 18.8. The average molecular weight is 396 g/mol. The van der Waals surface area contributed by atoms with E-state index in [-0.39, 0.29) is 11.2 Å². The van der Waals surface area contributed by atoms with E-state index in [0.717, 1.165) is 36.1 Å². The molecule has 0 atom stereocenters. The van der Waals surface area contributed by atoms with Crippen molar-refractivity contribution in [2.24, 2.45) is 0 Å². The zero-order chi connectivity index (χ0) is 19.7. The summed E-state index contributed by atoms with van der Waals surface area (Å²) in [6.07, 6.45) is 3.83. The second-order valence-corrected chi connectivity index (χ2v) is 8.25. The summed E-state index contributed by atoms with van der Waals surface area (Å²) < 4.78 is 16.9. The smallest absolute Gasteiger partial charge is 0.199 e. The molecule has 0 aliphatic rings. The minimum absolute atomic E-state index is 0.0985. The van der Waals surface area contributed by atoms with Crippen LogP contribution in [-0.2, 0) is 6.54 Å². The maximum absolute atomic E-state index is 13.9. The molecule has 0 amide bonds. The fourth-order valence-corrected chi connectivity index (χ4v) is 4.37. The Morgan fingerprint density at radius 1 is 1.14 bits per heavy atom. The molecule has 0 bridgehead atoms. The average Bonchev–Trinajstić information content (AvgIpc) is 3.10. The maximum atomic E-state index is 13.9. The molecule has 4 aromatic rings. The highest BCUT2D eigenvalue weighted by atomic mass is 32.1. The van der Waals surface area contributed by atoms with Gasteiger partial charge in [-0.3, -0.25) is 4.79 Å². The Kier molecular flexibility index (Phi) is 5.24. The number of benzene rings is 2. The molecule has 0 spiro atoms. The Bertz CT molecular complexity index is 1160. The van der Waals surface area contributed by atoms with Crippen LogP contribution in [0.5, 0.6) is 0 Å². The predicted molar refractivity (Wildman–Crippen MR) is 115 cm³/mol. The summed E-state index contributed by atoms with van der Waals surface area (Å²) >= 11 is 1.51. The first-order valence-corrected chi connectivity index (χ1v) is 10.2. The Hall–Kier alpha value is -2.57. The third-order valence-corrected chi connectivity index (χ3v) is 5.89. The van der Waals surface area contributed by atoms with Crippen LogP contribution in [0.4, 0.5) is 4.39 Å². The lowest BCUT2D eigenvalue weighted by atomic mass is 10.1. The monoisotopic (exact) mass is 395 g/mol. The van der Waals surface area contributed by atoms with Crippen LogP contribution in [0.2, 0.25) is 0 Å². The van der Waals surface area contributed by atoms with Gasteiger partial charge < -0.3 is 9.47 Å². The van der Waals surface area contributed by atoms with Crippen molar-refractivity contribution in [3.63, 3.8) is 0 Å². The molecule has 28 heavy (non-hydrogen) atoms. The SMILES string of the molecule is CN(C)CCCCn1cc(-c2nc3ccccc3s2)c(=O)c2ccc(F)cc21. The largest absolute Gasteiger partial charge is 0.346 e. The molecule has 6 heteroatoms. The van der Waals surface area contributed by atoms with Gasteiger partial charge in [-0.25, -0.2) is 9.37 Å². The van der Waals surface area contributed by atoms with Crippen LogP contribution in [0, 0.1) is 5.82 Å². The molecule has 0 fully saturated rings. The van der Waals surface area contributed by atoms with Crippen molar-refractivity contribution in [3.8, 4) is 10.6 Å². The maximum Gasteiger partial charge on any atom is 0.199 e. The standard InChI is InChI=1S/C22H22FN3OS/c1-25(2)11-5-6-12-26-14-17(21(27)16-10-9-15(23)13-19(16)26)22-24-18-7-3-4-8-20(18)28-22/h3-4,7-10,13-14H,5-6,11-12H2,1-2H3. The summed E-state index contributed by atoms with van der Waals surface area (Å²) in [7, 11) is 4.10. The van der Waals surface area contributed by atoms with Crippen LogP contribution in [0.1, 0.15) is 12.8 Å². The topological polar surface area (TPSA) is 38.1 Å². The van der Waals surface area contributed by atoms with E-state index >= 15 is 0 Å². The third kappa shape index (κ3) is 3.70. The summed E-state index contributed by atoms with van der Waals surface area (Å²) in [5.74, 6) is -0.332. The second-order valence-electron chi connectivity index (χ2n) is 7.22. The highest BCUT2D eigenvalue weighted by Crippen LogP contribution is 2.29. The Morgan fingerprint density at radius 3 is 2.75 bits per heavy atom. The number of para-hydroxylation sites is 1. The van der Waals surface area contributed by atoms with Crippen LogP contribution in [-0.4, -0.2) is 35.1 Å². The molecule has 0 saturated carbocycles. The van der Waals surface area contributed by atoms with Crippen molar-refractivity contribution in [2.45, 2.75) is 19.4 Å². The third-order valence-electron chi connectivity index (χ3n) is 4.82. The number of aromatic nitrogens is 2. The van der Waals surface area contributed by atoms with Crippen molar-refractivity contribution in [1.82, 2.24) is 14.5 Å². The minimum Gasteiger partial charge on any atom is -0.346 e. The number of thiazole rings is 1. The van der Waals surface area contributed by atoms with Gasteiger partial charge in [-0.15, -0.1) is 11.3 Å². The van der Waals surface area contributed by atoms with Gasteiger partial charge in [-0.2, -0.15) is 0 Å². The molecule has 144 valence electrons. The molecule has 0 saturated heterocycles. The molecule has 0 unspecified atom stereocenters. The van der Waals surface area contributed by atoms with Crippen molar-refractivity contribution in [3.05, 3.63) is 64.7 Å². The predicted octanol–water partition coefficient (Wildman–Crippen LogP) is 4.76. The van der Waals surface area contributed by atoms with E-state index in [1.807, 2.05) is 35.0 Å². The number of fused-ring (bicyclic) bond motifs is 2. The highest BCUT2D eigenvalue weighted by molar-refractivity contribution is 7.21. The number of pyridine rings is 1. The first-order chi connectivity index (χ1) is 13.5. The number of unbranched alkanes of at least 4 members (excludes halogenated alkanes) is 1. The molecule has 0 aliphatic carbocycles. The van der Waals surface area contributed by atoms with Crippen molar-refractivity contribution >= 4 is 32.5 Å². The Labute approximate surface area is 166 Å². The molecular formula is C22H22FN3OS. The summed E-state index contributed by atoms with van der Waals surface area (Å²) in [6.45, 7) is 1.73. The zero-order valence-corrected chi connectivity index (χ0v) is 16.8. The zero-order valence-electron chi connectivity index (χ0n) is 16.0. The molecule has 2 aromatic carbocycles. The second kappa shape index (κ2) is 7.81. The van der Waals surface area contributed by atoms with Gasteiger partial charge in [0, 0.05) is 18.1 Å². The summed E-state index contributed by atoms with van der Waals surface area (Å²) in [6, 6.07) is 12.2. The Morgan fingerprint density at radius 2 is 1.96 bits per heavy atom. The van der Waals surface area contributed by atoms with Gasteiger partial charge in [0.2, 0.25) is 0 Å². The van der Waals surface area contributed by atoms with Gasteiger partial charge in [0.05, 0.1) is 21.3 Å². The Balaban J connectivity index is 1.81. The van der Waals surface area contributed by atoms with E-state index in [4.69, 9.17) is 0 Å². The fourth-order valence-electron chi connectivity index (χ4n) is 3.40. The lowest BCUT2D eigenvalue weighted by Crippen LogP contribution is -2.15. The quantitative estimate of drug-likeness (QED) is 0.442. The van der Waals surface area contributed by atoms with Crippen molar-refractivity contribution in [2.75, 3.05) is 20.6 Å². The summed E-state index contributed by atoms with van der Waals surface area (Å²) in [5, 5.41) is 1.24. The van der Waals surface area contributed by atoms with Gasteiger partial charge in [0.25, 0.3) is 0 Å². The van der Waals surface area contributed by atoms with Crippen LogP contribution in [0.15, 0.2) is 53.5 Å². The number of halogens is 1. The van der Waals surface area contributed by atoms with E-state index < -0.39 is 0 Å². The van der Waals surface area contributed by atoms with Crippen molar-refractivity contribution < 1.29 is 4.39 Å².